The Morgan fingerprint density at radius 1 is 0.641 bits per heavy atom. The van der Waals surface area contributed by atoms with E-state index in [1.54, 1.807) is 18.0 Å². The zero-order valence-corrected chi connectivity index (χ0v) is 38.3. The number of thioether (sulfide) groups is 1. The number of nitrogens with two attached hydrogens (primary N) is 1. The van der Waals surface area contributed by atoms with Crippen LogP contribution in [0.4, 0.5) is 39.3 Å². The summed E-state index contributed by atoms with van der Waals surface area (Å²) in [5.41, 5.74) is 16.6. The van der Waals surface area contributed by atoms with Crippen LogP contribution in [0, 0.1) is 47.3 Å². The number of thiazole rings is 2. The molecule has 5 N–H and O–H groups in total. The van der Waals surface area contributed by atoms with Crippen molar-refractivity contribution >= 4 is 94.4 Å². The average molecular weight is 897 g/mol. The largest absolute Gasteiger partial charge is 0.399 e. The maximum absolute atomic E-state index is 9.59. The minimum atomic E-state index is 0.446. The van der Waals surface area contributed by atoms with Gasteiger partial charge in [0.2, 0.25) is 0 Å². The number of hydrogen-bond donors (Lipinski definition) is 4. The minimum absolute atomic E-state index is 0.446. The van der Waals surface area contributed by atoms with Crippen LogP contribution in [0.15, 0.2) is 114 Å². The normalized spacial score (nSPS) is 10.4. The zero-order chi connectivity index (χ0) is 45.6. The van der Waals surface area contributed by atoms with Crippen molar-refractivity contribution < 1.29 is 0 Å². The van der Waals surface area contributed by atoms with E-state index in [2.05, 4.69) is 108 Å². The van der Waals surface area contributed by atoms with Crippen LogP contribution in [-0.4, -0.2) is 64.2 Å². The summed E-state index contributed by atoms with van der Waals surface area (Å²) >= 11 is 4.52. The van der Waals surface area contributed by atoms with Crippen molar-refractivity contribution in [1.82, 2.24) is 29.7 Å². The molecule has 15 heteroatoms. The molecule has 64 heavy (non-hydrogen) atoms. The number of terminal acetylenes is 2. The molecule has 0 amide bonds. The van der Waals surface area contributed by atoms with Gasteiger partial charge in [-0.15, -0.1) is 24.2 Å². The van der Waals surface area contributed by atoms with E-state index in [0.29, 0.717) is 33.2 Å². The highest BCUT2D eigenvalue weighted by atomic mass is 32.2. The maximum Gasteiger partial charge on any atom is 0.189 e. The van der Waals surface area contributed by atoms with Gasteiger partial charge in [0.15, 0.2) is 20.8 Å². The van der Waals surface area contributed by atoms with Crippen LogP contribution in [0.25, 0.3) is 20.7 Å². The second-order valence-electron chi connectivity index (χ2n) is 14.6. The highest BCUT2D eigenvalue weighted by molar-refractivity contribution is 8.00. The first-order valence-electron chi connectivity index (χ1n) is 19.6. The number of fused-ring (bicyclic) bond motifs is 2. The summed E-state index contributed by atoms with van der Waals surface area (Å²) in [5, 5.41) is 29.6. The van der Waals surface area contributed by atoms with Gasteiger partial charge in [0.25, 0.3) is 0 Å². The third kappa shape index (κ3) is 12.3. The number of anilines is 7. The standard InChI is InChI=1S/C24H20N6S.C16H10N4S2.C9H14N2/c1-4-16-6-5-7-20(12-16)27-21-18(13-25)14-26-23-22(21)31-24(29-23)28-19-10-8-17(9-11-19)15-30(2)3;1-3-10-5-4-6-12(7-10)19-13-11(8-17)9-18-15-14(13)22-16(20-15)21-2;1-11(2)7-8-3-5-9(10)6-4-8/h1,5-12,14H,15H2,2-3H3,(H2,26,27,28,29);1,4-7,9H,2H3,(H,18,19);3-6H,7,10H2,1-2H3. The van der Waals surface area contributed by atoms with Crippen LogP contribution in [0.3, 0.4) is 0 Å². The Bertz CT molecular complexity index is 3040. The van der Waals surface area contributed by atoms with Gasteiger partial charge < -0.3 is 31.5 Å². The molecule has 4 heterocycles. The molecule has 0 radical (unpaired) electrons. The fraction of sp³-hybridized carbons (Fsp3) is 0.143. The molecular formula is C49H44N12S3. The molecule has 0 spiro atoms. The highest BCUT2D eigenvalue weighted by Crippen LogP contribution is 2.37. The monoisotopic (exact) mass is 896 g/mol. The Morgan fingerprint density at radius 2 is 1.12 bits per heavy atom. The summed E-state index contributed by atoms with van der Waals surface area (Å²) < 4.78 is 2.59. The number of aromatic nitrogens is 4. The van der Waals surface area contributed by atoms with Crippen molar-refractivity contribution in [2.45, 2.75) is 17.4 Å². The summed E-state index contributed by atoms with van der Waals surface area (Å²) in [7, 11) is 8.20. The number of nitrogens with zero attached hydrogens (tertiary/aromatic N) is 8. The van der Waals surface area contributed by atoms with Gasteiger partial charge >= 0.3 is 0 Å². The lowest BCUT2D eigenvalue weighted by atomic mass is 10.2. The summed E-state index contributed by atoms with van der Waals surface area (Å²) in [4.78, 5) is 21.9. The van der Waals surface area contributed by atoms with E-state index < -0.39 is 0 Å². The summed E-state index contributed by atoms with van der Waals surface area (Å²) in [6, 6.07) is 35.6. The van der Waals surface area contributed by atoms with Gasteiger partial charge in [-0.2, -0.15) is 15.5 Å². The summed E-state index contributed by atoms with van der Waals surface area (Å²) in [6.45, 7) is 1.86. The van der Waals surface area contributed by atoms with Crippen molar-refractivity contribution in [1.29, 1.82) is 10.5 Å². The first kappa shape index (κ1) is 46.0. The maximum atomic E-state index is 9.59. The molecule has 0 bridgehead atoms. The lowest BCUT2D eigenvalue weighted by molar-refractivity contribution is 0.402. The number of pyridine rings is 2. The minimum Gasteiger partial charge on any atom is -0.399 e. The van der Waals surface area contributed by atoms with Gasteiger partial charge in [-0.1, -0.05) is 71.3 Å². The van der Waals surface area contributed by atoms with E-state index >= 15 is 0 Å². The molecule has 0 atom stereocenters. The number of nitrogens with one attached hydrogen (secondary N) is 3. The fourth-order valence-corrected chi connectivity index (χ4v) is 8.59. The Morgan fingerprint density at radius 3 is 1.59 bits per heavy atom. The van der Waals surface area contributed by atoms with Crippen molar-refractivity contribution in [3.8, 4) is 36.8 Å². The first-order chi connectivity index (χ1) is 31.0. The van der Waals surface area contributed by atoms with E-state index in [-0.39, 0.29) is 0 Å². The predicted molar refractivity (Wildman–Crippen MR) is 267 cm³/mol. The van der Waals surface area contributed by atoms with Crippen LogP contribution >= 0.6 is 34.4 Å². The molecule has 0 unspecified atom stereocenters. The second-order valence-corrected chi connectivity index (χ2v) is 17.6. The third-order valence-electron chi connectivity index (χ3n) is 9.02. The topological polar surface area (TPSA) is 168 Å². The highest BCUT2D eigenvalue weighted by Gasteiger charge is 2.16. The SMILES string of the molecule is C#Cc1cccc(Nc2c(C#N)cnc3nc(Nc4ccc(CN(C)C)cc4)sc23)c1.C#Cc1cccc(Nc2c(C#N)cnc3nc(SC)sc23)c1.CN(C)Cc1ccc(N)cc1. The number of nitrogen functional groups attached to an aromatic ring is 1. The van der Waals surface area contributed by atoms with Gasteiger partial charge in [-0.25, -0.2) is 15.0 Å². The number of hydrogen-bond acceptors (Lipinski definition) is 15. The number of nitriles is 2. The van der Waals surface area contributed by atoms with Crippen molar-refractivity contribution in [3.63, 3.8) is 0 Å². The van der Waals surface area contributed by atoms with E-state index in [1.807, 2.05) is 93.1 Å². The Kier molecular flexibility index (Phi) is 15.9. The van der Waals surface area contributed by atoms with E-state index in [0.717, 1.165) is 66.4 Å². The Labute approximate surface area is 385 Å². The Balaban J connectivity index is 0.000000178. The average Bonchev–Trinajstić information content (AvgIpc) is 3.93. The molecule has 12 nitrogen and oxygen atoms in total. The second kappa shape index (κ2) is 22.1. The van der Waals surface area contributed by atoms with Gasteiger partial charge in [0, 0.05) is 59.4 Å². The molecule has 0 saturated carbocycles. The van der Waals surface area contributed by atoms with E-state index in [9.17, 15) is 10.5 Å². The van der Waals surface area contributed by atoms with E-state index in [4.69, 9.17) is 18.6 Å². The smallest absolute Gasteiger partial charge is 0.189 e. The molecule has 0 aliphatic carbocycles. The van der Waals surface area contributed by atoms with Gasteiger partial charge in [0.05, 0.1) is 27.2 Å². The molecular weight excluding hydrogens is 853 g/mol. The van der Waals surface area contributed by atoms with Crippen molar-refractivity contribution in [3.05, 3.63) is 143 Å². The fourth-order valence-electron chi connectivity index (χ4n) is 6.12. The molecule has 4 aromatic heterocycles. The summed E-state index contributed by atoms with van der Waals surface area (Å²) in [5.74, 6) is 5.23. The predicted octanol–water partition coefficient (Wildman–Crippen LogP) is 10.4. The molecule has 318 valence electrons. The van der Waals surface area contributed by atoms with Gasteiger partial charge in [-0.3, -0.25) is 0 Å². The Hall–Kier alpha value is -7.47. The molecule has 4 aromatic carbocycles. The molecule has 8 aromatic rings. The van der Waals surface area contributed by atoms with Gasteiger partial charge in [0.1, 0.15) is 16.8 Å². The van der Waals surface area contributed by atoms with Crippen LogP contribution in [-0.2, 0) is 13.1 Å². The van der Waals surface area contributed by atoms with Crippen LogP contribution in [0.2, 0.25) is 0 Å². The zero-order valence-electron chi connectivity index (χ0n) is 35.8. The molecule has 0 aliphatic rings. The molecule has 8 rings (SSSR count). The molecule has 0 saturated heterocycles. The van der Waals surface area contributed by atoms with Crippen molar-refractivity contribution in [2.24, 2.45) is 0 Å². The lowest BCUT2D eigenvalue weighted by Gasteiger charge is -2.10. The molecule has 0 aliphatic heterocycles. The first-order valence-corrected chi connectivity index (χ1v) is 22.4. The number of benzene rings is 4. The van der Waals surface area contributed by atoms with Crippen LogP contribution < -0.4 is 21.7 Å². The quantitative estimate of drug-likeness (QED) is 0.0551. The van der Waals surface area contributed by atoms with Gasteiger partial charge in [-0.05, 0) is 106 Å². The summed E-state index contributed by atoms with van der Waals surface area (Å²) in [6.07, 6.45) is 16.0. The van der Waals surface area contributed by atoms with E-state index in [1.165, 1.54) is 40.0 Å². The lowest BCUT2D eigenvalue weighted by Crippen LogP contribution is -2.10. The molecule has 0 fully saturated rings. The van der Waals surface area contributed by atoms with Crippen LogP contribution in [0.1, 0.15) is 33.4 Å². The third-order valence-corrected chi connectivity index (χ3v) is 12.0. The van der Waals surface area contributed by atoms with Crippen molar-refractivity contribution in [2.75, 3.05) is 56.1 Å². The number of rotatable bonds is 11. The van der Waals surface area contributed by atoms with Crippen LogP contribution in [0.5, 0.6) is 0 Å².